The molecule has 0 bridgehead atoms. The summed E-state index contributed by atoms with van der Waals surface area (Å²) in [6.45, 7) is 6.42. The lowest BCUT2D eigenvalue weighted by atomic mass is 9.82. The normalized spacial score (nSPS) is 14.1. The number of hydrogen-bond donors (Lipinski definition) is 3. The Kier molecular flexibility index (Phi) is 7.39. The van der Waals surface area contributed by atoms with Gasteiger partial charge in [0.2, 0.25) is 0 Å². The first-order valence-electron chi connectivity index (χ1n) is 12.2. The summed E-state index contributed by atoms with van der Waals surface area (Å²) in [6, 6.07) is 13.3. The van der Waals surface area contributed by atoms with Crippen LogP contribution in [0.5, 0.6) is 11.5 Å². The van der Waals surface area contributed by atoms with Gasteiger partial charge in [-0.1, -0.05) is 13.3 Å². The zero-order valence-corrected chi connectivity index (χ0v) is 20.4. The number of benzene rings is 2. The maximum absolute atomic E-state index is 12.9. The quantitative estimate of drug-likeness (QED) is 0.371. The fourth-order valence-electron chi connectivity index (χ4n) is 3.95. The number of anilines is 1. The van der Waals surface area contributed by atoms with E-state index in [9.17, 15) is 14.7 Å². The number of phenolic OH excluding ortho intramolecular Hbond substituents is 1. The summed E-state index contributed by atoms with van der Waals surface area (Å²) in [7, 11) is 0. The molecular formula is C27H32N4O4. The number of phenols is 1. The Labute approximate surface area is 205 Å². The van der Waals surface area contributed by atoms with Gasteiger partial charge in [-0.05, 0) is 81.6 Å². The third-order valence-electron chi connectivity index (χ3n) is 6.39. The van der Waals surface area contributed by atoms with Gasteiger partial charge in [0.25, 0.3) is 5.91 Å². The van der Waals surface area contributed by atoms with E-state index in [0.717, 1.165) is 31.4 Å². The minimum absolute atomic E-state index is 0.0243. The maximum atomic E-state index is 12.9. The summed E-state index contributed by atoms with van der Waals surface area (Å²) in [5.74, 6) is 0.712. The number of aromatic hydroxyl groups is 1. The Bertz CT molecular complexity index is 1200. The summed E-state index contributed by atoms with van der Waals surface area (Å²) < 4.78 is 6.85. The highest BCUT2D eigenvalue weighted by molar-refractivity contribution is 6.04. The van der Waals surface area contributed by atoms with Crippen LogP contribution < -0.4 is 15.4 Å². The summed E-state index contributed by atoms with van der Waals surface area (Å²) >= 11 is 0. The topological polar surface area (TPSA) is 105 Å². The molecule has 8 heteroatoms. The van der Waals surface area contributed by atoms with Crippen LogP contribution in [0, 0.1) is 0 Å². The second-order valence-corrected chi connectivity index (χ2v) is 8.90. The third-order valence-corrected chi connectivity index (χ3v) is 6.39. The predicted molar refractivity (Wildman–Crippen MR) is 135 cm³/mol. The second kappa shape index (κ2) is 10.6. The predicted octanol–water partition coefficient (Wildman–Crippen LogP) is 5.53. The van der Waals surface area contributed by atoms with Crippen LogP contribution in [0.2, 0.25) is 0 Å². The molecule has 0 spiro atoms. The van der Waals surface area contributed by atoms with E-state index in [1.807, 2.05) is 26.8 Å². The van der Waals surface area contributed by atoms with E-state index >= 15 is 0 Å². The van der Waals surface area contributed by atoms with E-state index in [1.165, 1.54) is 10.7 Å². The number of carbonyl (C=O) groups is 2. The van der Waals surface area contributed by atoms with Crippen molar-refractivity contribution in [3.05, 3.63) is 59.8 Å². The van der Waals surface area contributed by atoms with Crippen LogP contribution in [0.15, 0.2) is 48.5 Å². The van der Waals surface area contributed by atoms with Crippen molar-refractivity contribution in [2.24, 2.45) is 0 Å². The highest BCUT2D eigenvalue weighted by atomic mass is 16.5. The van der Waals surface area contributed by atoms with Crippen LogP contribution in [-0.2, 0) is 0 Å². The van der Waals surface area contributed by atoms with Crippen molar-refractivity contribution >= 4 is 17.6 Å². The van der Waals surface area contributed by atoms with E-state index < -0.39 is 0 Å². The molecule has 8 nitrogen and oxygen atoms in total. The molecular weight excluding hydrogens is 444 g/mol. The fraction of sp³-hybridized carbons (Fsp3) is 0.370. The standard InChI is InChI=1S/C27H32N4O4/c1-4-17(3)28-27(34)31-24(18-7-6-8-18)16-23(30-31)22-15-20(11-14-25(22)32)29-26(33)19-9-12-21(13-10-19)35-5-2/h9-18,32H,4-8H2,1-3H3,(H,28,34)(H,29,33). The van der Waals surface area contributed by atoms with Gasteiger partial charge in [-0.15, -0.1) is 0 Å². The smallest absolute Gasteiger partial charge is 0.342 e. The van der Waals surface area contributed by atoms with Crippen LogP contribution in [0.4, 0.5) is 10.5 Å². The van der Waals surface area contributed by atoms with Crippen molar-refractivity contribution in [1.82, 2.24) is 15.1 Å². The number of aromatic nitrogens is 2. The summed E-state index contributed by atoms with van der Waals surface area (Å²) in [5, 5.41) is 21.0. The molecule has 1 saturated carbocycles. The molecule has 3 aromatic rings. The van der Waals surface area contributed by atoms with Gasteiger partial charge in [0.15, 0.2) is 0 Å². The van der Waals surface area contributed by atoms with Gasteiger partial charge in [0.1, 0.15) is 11.5 Å². The molecule has 35 heavy (non-hydrogen) atoms. The van der Waals surface area contributed by atoms with Gasteiger partial charge in [-0.3, -0.25) is 4.79 Å². The van der Waals surface area contributed by atoms with Crippen molar-refractivity contribution in [2.45, 2.75) is 58.4 Å². The highest BCUT2D eigenvalue weighted by Gasteiger charge is 2.28. The van der Waals surface area contributed by atoms with Gasteiger partial charge in [-0.2, -0.15) is 9.78 Å². The molecule has 4 rings (SSSR count). The summed E-state index contributed by atoms with van der Waals surface area (Å²) in [5.41, 5.74) is 2.78. The Morgan fingerprint density at radius 1 is 1.14 bits per heavy atom. The Hall–Kier alpha value is -3.81. The summed E-state index contributed by atoms with van der Waals surface area (Å²) in [4.78, 5) is 25.6. The number of nitrogens with zero attached hydrogens (tertiary/aromatic N) is 2. The fourth-order valence-corrected chi connectivity index (χ4v) is 3.95. The van der Waals surface area contributed by atoms with Crippen molar-refractivity contribution < 1.29 is 19.4 Å². The van der Waals surface area contributed by atoms with Crippen molar-refractivity contribution in [2.75, 3.05) is 11.9 Å². The van der Waals surface area contributed by atoms with E-state index in [0.29, 0.717) is 34.9 Å². The Morgan fingerprint density at radius 2 is 1.89 bits per heavy atom. The lowest BCUT2D eigenvalue weighted by Gasteiger charge is -2.25. The Morgan fingerprint density at radius 3 is 2.51 bits per heavy atom. The number of hydrogen-bond acceptors (Lipinski definition) is 5. The molecule has 1 atom stereocenters. The third kappa shape index (κ3) is 5.48. The minimum atomic E-state index is -0.279. The largest absolute Gasteiger partial charge is 0.507 e. The highest BCUT2D eigenvalue weighted by Crippen LogP contribution is 2.39. The minimum Gasteiger partial charge on any atom is -0.507 e. The van der Waals surface area contributed by atoms with E-state index in [1.54, 1.807) is 36.4 Å². The SMILES string of the molecule is CCOc1ccc(C(=O)Nc2ccc(O)c(-c3cc(C4CCC4)n(C(=O)NC(C)CC)n3)c2)cc1. The summed E-state index contributed by atoms with van der Waals surface area (Å²) in [6.07, 6.45) is 3.95. The first-order chi connectivity index (χ1) is 16.9. The van der Waals surface area contributed by atoms with E-state index in [4.69, 9.17) is 4.74 Å². The number of ether oxygens (including phenoxy) is 1. The van der Waals surface area contributed by atoms with Gasteiger partial charge in [0.05, 0.1) is 18.0 Å². The average Bonchev–Trinajstić information content (AvgIpc) is 3.24. The van der Waals surface area contributed by atoms with Crippen LogP contribution in [0.25, 0.3) is 11.3 Å². The lowest BCUT2D eigenvalue weighted by Crippen LogP contribution is -2.37. The van der Waals surface area contributed by atoms with E-state index in [-0.39, 0.29) is 29.6 Å². The zero-order chi connectivity index (χ0) is 24.9. The van der Waals surface area contributed by atoms with Gasteiger partial charge in [-0.25, -0.2) is 4.79 Å². The first kappa shape index (κ1) is 24.3. The van der Waals surface area contributed by atoms with Crippen molar-refractivity contribution in [3.8, 4) is 22.8 Å². The molecule has 0 saturated heterocycles. The van der Waals surface area contributed by atoms with Crippen LogP contribution in [0.1, 0.15) is 68.4 Å². The zero-order valence-electron chi connectivity index (χ0n) is 20.4. The van der Waals surface area contributed by atoms with E-state index in [2.05, 4.69) is 15.7 Å². The molecule has 1 unspecified atom stereocenters. The lowest BCUT2D eigenvalue weighted by molar-refractivity contribution is 0.102. The molecule has 0 radical (unpaired) electrons. The molecule has 1 heterocycles. The molecule has 1 aliphatic rings. The first-order valence-corrected chi connectivity index (χ1v) is 12.2. The molecule has 3 N–H and O–H groups in total. The number of rotatable bonds is 8. The average molecular weight is 477 g/mol. The second-order valence-electron chi connectivity index (χ2n) is 8.90. The maximum Gasteiger partial charge on any atom is 0.342 e. The van der Waals surface area contributed by atoms with Crippen LogP contribution >= 0.6 is 0 Å². The van der Waals surface area contributed by atoms with Gasteiger partial charge < -0.3 is 20.5 Å². The van der Waals surface area contributed by atoms with Crippen LogP contribution in [0.3, 0.4) is 0 Å². The molecule has 2 aromatic carbocycles. The molecule has 0 aliphatic heterocycles. The van der Waals surface area contributed by atoms with Crippen molar-refractivity contribution in [3.63, 3.8) is 0 Å². The van der Waals surface area contributed by atoms with Crippen molar-refractivity contribution in [1.29, 1.82) is 0 Å². The molecule has 2 amide bonds. The van der Waals surface area contributed by atoms with Gasteiger partial charge in [0, 0.05) is 28.8 Å². The number of carbonyl (C=O) groups excluding carboxylic acids is 2. The molecule has 1 aliphatic carbocycles. The number of amides is 2. The molecule has 184 valence electrons. The Balaban J connectivity index is 1.59. The van der Waals surface area contributed by atoms with Gasteiger partial charge >= 0.3 is 6.03 Å². The number of nitrogens with one attached hydrogen (secondary N) is 2. The molecule has 1 fully saturated rings. The monoisotopic (exact) mass is 476 g/mol. The van der Waals surface area contributed by atoms with Crippen LogP contribution in [-0.4, -0.2) is 39.5 Å². The molecule has 1 aromatic heterocycles.